The zero-order valence-electron chi connectivity index (χ0n) is 17.7. The van der Waals surface area contributed by atoms with E-state index in [1.54, 1.807) is 44.2 Å². The van der Waals surface area contributed by atoms with Gasteiger partial charge in [0.25, 0.3) is 5.69 Å². The molecule has 0 radical (unpaired) electrons. The van der Waals surface area contributed by atoms with E-state index in [1.165, 1.54) is 25.3 Å². The first-order valence-electron chi connectivity index (χ1n) is 9.67. The fourth-order valence-electron chi connectivity index (χ4n) is 3.69. The highest BCUT2D eigenvalue weighted by Crippen LogP contribution is 2.42. The Labute approximate surface area is 189 Å². The number of dihydropyridines is 1. The zero-order chi connectivity index (χ0) is 23.4. The van der Waals surface area contributed by atoms with E-state index in [4.69, 9.17) is 21.1 Å². The van der Waals surface area contributed by atoms with E-state index in [1.807, 2.05) is 0 Å². The molecule has 0 bridgehead atoms. The number of esters is 2. The average molecular weight is 457 g/mol. The lowest BCUT2D eigenvalue weighted by Gasteiger charge is -2.30. The first-order chi connectivity index (χ1) is 15.3. The molecule has 1 unspecified atom stereocenters. The van der Waals surface area contributed by atoms with Crippen LogP contribution in [0.2, 0.25) is 5.02 Å². The predicted octanol–water partition coefficient (Wildman–Crippen LogP) is 4.40. The van der Waals surface area contributed by atoms with Crippen LogP contribution in [0.3, 0.4) is 0 Å². The minimum absolute atomic E-state index is 0.0809. The topological polar surface area (TPSA) is 108 Å². The molecule has 0 amide bonds. The SMILES string of the molecule is COC(=O)C1=C(C)NC(C)=C(C(=O)OCc2ccccc2Cl)C1c1ccccc1[N+](=O)[O-]. The second-order valence-corrected chi connectivity index (χ2v) is 7.52. The molecule has 166 valence electrons. The predicted molar refractivity (Wildman–Crippen MR) is 118 cm³/mol. The van der Waals surface area contributed by atoms with Crippen molar-refractivity contribution in [2.45, 2.75) is 26.4 Å². The van der Waals surface area contributed by atoms with E-state index >= 15 is 0 Å². The van der Waals surface area contributed by atoms with Crippen molar-refractivity contribution in [3.8, 4) is 0 Å². The number of carbonyl (C=O) groups is 2. The lowest BCUT2D eigenvalue weighted by atomic mass is 9.79. The van der Waals surface area contributed by atoms with E-state index in [9.17, 15) is 19.7 Å². The fourth-order valence-corrected chi connectivity index (χ4v) is 3.88. The summed E-state index contributed by atoms with van der Waals surface area (Å²) in [4.78, 5) is 37.0. The maximum atomic E-state index is 13.2. The van der Waals surface area contributed by atoms with Crippen molar-refractivity contribution < 1.29 is 24.0 Å². The maximum Gasteiger partial charge on any atom is 0.337 e. The second kappa shape index (κ2) is 9.65. The smallest absolute Gasteiger partial charge is 0.337 e. The fraction of sp³-hybridized carbons (Fsp3) is 0.217. The molecule has 1 heterocycles. The molecule has 0 fully saturated rings. The average Bonchev–Trinajstić information content (AvgIpc) is 2.77. The highest BCUT2D eigenvalue weighted by atomic mass is 35.5. The third kappa shape index (κ3) is 4.50. The van der Waals surface area contributed by atoms with Gasteiger partial charge >= 0.3 is 11.9 Å². The van der Waals surface area contributed by atoms with E-state index in [2.05, 4.69) is 5.32 Å². The van der Waals surface area contributed by atoms with Crippen LogP contribution in [0.1, 0.15) is 30.9 Å². The molecule has 1 aliphatic heterocycles. The van der Waals surface area contributed by atoms with Gasteiger partial charge in [-0.2, -0.15) is 0 Å². The summed E-state index contributed by atoms with van der Waals surface area (Å²) in [5.41, 5.74) is 1.59. The van der Waals surface area contributed by atoms with Crippen molar-refractivity contribution in [1.82, 2.24) is 5.32 Å². The molecule has 0 saturated heterocycles. The van der Waals surface area contributed by atoms with Gasteiger partial charge in [0, 0.05) is 33.6 Å². The summed E-state index contributed by atoms with van der Waals surface area (Å²) < 4.78 is 10.4. The highest BCUT2D eigenvalue weighted by molar-refractivity contribution is 6.31. The van der Waals surface area contributed by atoms with Gasteiger partial charge in [-0.1, -0.05) is 48.0 Å². The lowest BCUT2D eigenvalue weighted by Crippen LogP contribution is -2.32. The Kier molecular flexibility index (Phi) is 6.95. The first kappa shape index (κ1) is 23.0. The molecular formula is C23H21ClN2O6. The van der Waals surface area contributed by atoms with Crippen LogP contribution in [0.15, 0.2) is 71.1 Å². The summed E-state index contributed by atoms with van der Waals surface area (Å²) in [5, 5.41) is 15.1. The summed E-state index contributed by atoms with van der Waals surface area (Å²) in [6.45, 7) is 3.18. The quantitative estimate of drug-likeness (QED) is 0.390. The van der Waals surface area contributed by atoms with Gasteiger partial charge in [-0.15, -0.1) is 0 Å². The number of hydrogen-bond donors (Lipinski definition) is 1. The van der Waals surface area contributed by atoms with Crippen molar-refractivity contribution >= 4 is 29.2 Å². The van der Waals surface area contributed by atoms with Gasteiger partial charge in [0.1, 0.15) is 6.61 Å². The van der Waals surface area contributed by atoms with E-state index in [0.717, 1.165) is 0 Å². The second-order valence-electron chi connectivity index (χ2n) is 7.11. The lowest BCUT2D eigenvalue weighted by molar-refractivity contribution is -0.385. The largest absolute Gasteiger partial charge is 0.466 e. The molecule has 3 rings (SSSR count). The molecule has 1 atom stereocenters. The minimum Gasteiger partial charge on any atom is -0.466 e. The van der Waals surface area contributed by atoms with Crippen molar-refractivity contribution in [2.75, 3.05) is 7.11 Å². The molecule has 0 spiro atoms. The Morgan fingerprint density at radius 3 is 2.25 bits per heavy atom. The van der Waals surface area contributed by atoms with Crippen molar-refractivity contribution in [1.29, 1.82) is 0 Å². The number of nitrogens with zero attached hydrogens (tertiary/aromatic N) is 1. The third-order valence-corrected chi connectivity index (χ3v) is 5.52. The van der Waals surface area contributed by atoms with Crippen LogP contribution in [0.5, 0.6) is 0 Å². The van der Waals surface area contributed by atoms with Crippen LogP contribution >= 0.6 is 11.6 Å². The number of nitro groups is 1. The molecular weight excluding hydrogens is 436 g/mol. The van der Waals surface area contributed by atoms with Gasteiger partial charge in [0.05, 0.1) is 29.1 Å². The Morgan fingerprint density at radius 2 is 1.62 bits per heavy atom. The number of benzene rings is 2. The number of nitrogens with one attached hydrogen (secondary N) is 1. The molecule has 0 saturated carbocycles. The van der Waals surface area contributed by atoms with Gasteiger partial charge in [0.2, 0.25) is 0 Å². The van der Waals surface area contributed by atoms with Crippen molar-refractivity contribution in [3.05, 3.63) is 97.3 Å². The van der Waals surface area contributed by atoms with Gasteiger partial charge in [0.15, 0.2) is 0 Å². The highest BCUT2D eigenvalue weighted by Gasteiger charge is 2.40. The van der Waals surface area contributed by atoms with Gasteiger partial charge in [-0.3, -0.25) is 10.1 Å². The normalized spacial score (nSPS) is 15.8. The third-order valence-electron chi connectivity index (χ3n) is 5.15. The van der Waals surface area contributed by atoms with E-state index in [-0.39, 0.29) is 29.0 Å². The van der Waals surface area contributed by atoms with Crippen LogP contribution in [-0.4, -0.2) is 24.0 Å². The molecule has 32 heavy (non-hydrogen) atoms. The molecule has 0 aliphatic carbocycles. The van der Waals surface area contributed by atoms with Crippen molar-refractivity contribution in [3.63, 3.8) is 0 Å². The minimum atomic E-state index is -1.05. The maximum absolute atomic E-state index is 13.2. The Hall–Kier alpha value is -3.65. The number of nitro benzene ring substituents is 1. The summed E-state index contributed by atoms with van der Waals surface area (Å²) in [6, 6.07) is 12.9. The standard InChI is InChI=1S/C23H21ClN2O6/c1-13-19(22(27)31-3)21(16-9-5-7-11-18(16)26(29)30)20(14(2)25-13)23(28)32-12-15-8-4-6-10-17(15)24/h4-11,21,25H,12H2,1-3H3. The molecule has 0 aromatic heterocycles. The molecule has 1 N–H and O–H groups in total. The summed E-state index contributed by atoms with van der Waals surface area (Å²) >= 11 is 6.15. The molecule has 8 nitrogen and oxygen atoms in total. The summed E-state index contributed by atoms with van der Waals surface area (Å²) in [5.74, 6) is -2.49. The van der Waals surface area contributed by atoms with E-state index in [0.29, 0.717) is 22.0 Å². The van der Waals surface area contributed by atoms with E-state index < -0.39 is 22.8 Å². The molecule has 2 aromatic rings. The number of methoxy groups -OCH3 is 1. The molecule has 9 heteroatoms. The Balaban J connectivity index is 2.09. The summed E-state index contributed by atoms with van der Waals surface area (Å²) in [7, 11) is 1.21. The van der Waals surface area contributed by atoms with Gasteiger partial charge in [-0.05, 0) is 19.9 Å². The van der Waals surface area contributed by atoms with Crippen LogP contribution < -0.4 is 5.32 Å². The van der Waals surface area contributed by atoms with Gasteiger partial charge in [-0.25, -0.2) is 9.59 Å². The van der Waals surface area contributed by atoms with Crippen LogP contribution in [0, 0.1) is 10.1 Å². The zero-order valence-corrected chi connectivity index (χ0v) is 18.4. The molecule has 1 aliphatic rings. The molecule has 2 aromatic carbocycles. The number of rotatable bonds is 6. The number of halogens is 1. The van der Waals surface area contributed by atoms with Crippen LogP contribution in [0.4, 0.5) is 5.69 Å². The number of allylic oxidation sites excluding steroid dienone is 2. The van der Waals surface area contributed by atoms with Crippen LogP contribution in [-0.2, 0) is 25.7 Å². The monoisotopic (exact) mass is 456 g/mol. The number of carbonyl (C=O) groups excluding carboxylic acids is 2. The van der Waals surface area contributed by atoms with Crippen LogP contribution in [0.25, 0.3) is 0 Å². The van der Waals surface area contributed by atoms with Crippen molar-refractivity contribution in [2.24, 2.45) is 0 Å². The number of para-hydroxylation sites is 1. The van der Waals surface area contributed by atoms with Gasteiger partial charge < -0.3 is 14.8 Å². The summed E-state index contributed by atoms with van der Waals surface area (Å²) in [6.07, 6.45) is 0. The Morgan fingerprint density at radius 1 is 1.03 bits per heavy atom. The first-order valence-corrected chi connectivity index (χ1v) is 10.0. The Bertz CT molecular complexity index is 1150. The number of hydrogen-bond acceptors (Lipinski definition) is 7. The number of ether oxygens (including phenoxy) is 2.